The number of rotatable bonds is 13. The third kappa shape index (κ3) is 6.41. The molecule has 0 saturated heterocycles. The first-order chi connectivity index (χ1) is 12.8. The second kappa shape index (κ2) is 12.2. The van der Waals surface area contributed by atoms with E-state index >= 15 is 0 Å². The van der Waals surface area contributed by atoms with Crippen LogP contribution in [-0.4, -0.2) is 18.4 Å². The molecule has 0 radical (unpaired) electrons. The summed E-state index contributed by atoms with van der Waals surface area (Å²) in [6, 6.07) is 11.1. The van der Waals surface area contributed by atoms with E-state index in [-0.39, 0.29) is 0 Å². The molecule has 2 rings (SSSR count). The van der Waals surface area contributed by atoms with E-state index < -0.39 is 18.4 Å². The summed E-state index contributed by atoms with van der Waals surface area (Å²) in [5, 5.41) is 5.09. The zero-order valence-electron chi connectivity index (χ0n) is 17.2. The standard InChI is InChI=1S/C12H11S.3C4H9.Sn/c1-2-4-11(5-3-1)6-7-12-8-9-13-10-12;3*1-3-4-2;/h1-5,9-10H,6-7H2;3*1,3-4H2,2H3;. The van der Waals surface area contributed by atoms with E-state index in [0.29, 0.717) is 0 Å². The molecule has 1 heterocycles. The van der Waals surface area contributed by atoms with Crippen molar-refractivity contribution in [2.45, 2.75) is 85.4 Å². The van der Waals surface area contributed by atoms with Gasteiger partial charge in [-0.25, -0.2) is 0 Å². The topological polar surface area (TPSA) is 0 Å². The monoisotopic (exact) mass is 478 g/mol. The number of unbranched alkanes of at least 4 members (excludes halogenated alkanes) is 3. The molecule has 0 N–H and O–H groups in total. The molecular formula is C24H38SSn. The Labute approximate surface area is 170 Å². The first-order valence-electron chi connectivity index (χ1n) is 10.8. The first kappa shape index (κ1) is 22.0. The van der Waals surface area contributed by atoms with E-state index in [1.165, 1.54) is 56.9 Å². The number of aryl methyl sites for hydroxylation is 2. The van der Waals surface area contributed by atoms with Gasteiger partial charge in [0.25, 0.3) is 0 Å². The van der Waals surface area contributed by atoms with Crippen molar-refractivity contribution in [3.8, 4) is 0 Å². The molecule has 0 unspecified atom stereocenters. The Morgan fingerprint density at radius 1 is 0.731 bits per heavy atom. The summed E-state index contributed by atoms with van der Waals surface area (Å²) >= 11 is -0.285. The Hall–Kier alpha value is -0.281. The molecule has 0 aliphatic heterocycles. The van der Waals surface area contributed by atoms with Crippen molar-refractivity contribution < 1.29 is 0 Å². The van der Waals surface area contributed by atoms with E-state index in [9.17, 15) is 0 Å². The molecule has 0 nitrogen and oxygen atoms in total. The van der Waals surface area contributed by atoms with Crippen molar-refractivity contribution >= 4 is 33.3 Å². The number of benzene rings is 1. The molecule has 2 aromatic rings. The van der Waals surface area contributed by atoms with Gasteiger partial charge in [0, 0.05) is 0 Å². The van der Waals surface area contributed by atoms with Gasteiger partial charge in [-0.05, 0) is 0 Å². The Balaban J connectivity index is 2.23. The average Bonchev–Trinajstić information content (AvgIpc) is 3.16. The molecule has 0 bridgehead atoms. The predicted octanol–water partition coefficient (Wildman–Crippen LogP) is 7.59. The fraction of sp³-hybridized carbons (Fsp3) is 0.583. The summed E-state index contributed by atoms with van der Waals surface area (Å²) in [6.45, 7) is 7.13. The molecule has 26 heavy (non-hydrogen) atoms. The van der Waals surface area contributed by atoms with Crippen molar-refractivity contribution in [2.24, 2.45) is 0 Å². The van der Waals surface area contributed by atoms with Gasteiger partial charge in [0.15, 0.2) is 0 Å². The van der Waals surface area contributed by atoms with Crippen LogP contribution >= 0.6 is 11.3 Å². The maximum atomic E-state index is 2.59. The molecule has 1 aromatic heterocycles. The molecular weight excluding hydrogens is 439 g/mol. The summed E-state index contributed by atoms with van der Waals surface area (Å²) < 4.78 is 6.66. The van der Waals surface area contributed by atoms with Crippen LogP contribution in [0, 0.1) is 0 Å². The molecule has 1 aromatic carbocycles. The van der Waals surface area contributed by atoms with Crippen LogP contribution in [0.5, 0.6) is 0 Å². The van der Waals surface area contributed by atoms with Crippen LogP contribution in [0.15, 0.2) is 41.1 Å². The summed E-state index contributed by atoms with van der Waals surface area (Å²) in [5.41, 5.74) is 3.21. The summed E-state index contributed by atoms with van der Waals surface area (Å²) in [4.78, 5) is 0. The van der Waals surface area contributed by atoms with Crippen molar-refractivity contribution in [1.82, 2.24) is 0 Å². The fourth-order valence-electron chi connectivity index (χ4n) is 4.23. The second-order valence-corrected chi connectivity index (χ2v) is 21.8. The zero-order valence-corrected chi connectivity index (χ0v) is 20.9. The van der Waals surface area contributed by atoms with Crippen LogP contribution in [0.4, 0.5) is 0 Å². The number of hydrogen-bond acceptors (Lipinski definition) is 1. The van der Waals surface area contributed by atoms with E-state index in [1.54, 1.807) is 18.9 Å². The van der Waals surface area contributed by atoms with Gasteiger partial charge in [-0.2, -0.15) is 0 Å². The molecule has 144 valence electrons. The Kier molecular flexibility index (Phi) is 10.4. The second-order valence-electron chi connectivity index (χ2n) is 7.89. The third-order valence-corrected chi connectivity index (χ3v) is 23.1. The number of thiophene rings is 1. The molecule has 0 fully saturated rings. The third-order valence-electron chi connectivity index (χ3n) is 5.87. The van der Waals surface area contributed by atoms with Crippen LogP contribution < -0.4 is 3.58 Å². The Morgan fingerprint density at radius 2 is 1.31 bits per heavy atom. The first-order valence-corrected chi connectivity index (χ1v) is 19.3. The number of hydrogen-bond donors (Lipinski definition) is 0. The van der Waals surface area contributed by atoms with Gasteiger partial charge in [0.2, 0.25) is 0 Å². The summed E-state index contributed by atoms with van der Waals surface area (Å²) in [6.07, 6.45) is 10.9. The molecule has 0 atom stereocenters. The van der Waals surface area contributed by atoms with Crippen LogP contribution in [0.25, 0.3) is 0 Å². The van der Waals surface area contributed by atoms with Crippen molar-refractivity contribution in [1.29, 1.82) is 0 Å². The van der Waals surface area contributed by atoms with Gasteiger partial charge in [-0.3, -0.25) is 0 Å². The van der Waals surface area contributed by atoms with E-state index in [0.717, 1.165) is 0 Å². The minimum absolute atomic E-state index is 1.20. The molecule has 0 aliphatic rings. The summed E-state index contributed by atoms with van der Waals surface area (Å²) in [7, 11) is 0. The van der Waals surface area contributed by atoms with Gasteiger partial charge < -0.3 is 0 Å². The van der Waals surface area contributed by atoms with E-state index in [4.69, 9.17) is 0 Å². The predicted molar refractivity (Wildman–Crippen MR) is 123 cm³/mol. The minimum atomic E-state index is -2.27. The van der Waals surface area contributed by atoms with Crippen molar-refractivity contribution in [3.05, 3.63) is 52.2 Å². The van der Waals surface area contributed by atoms with E-state index in [1.807, 2.05) is 14.9 Å². The van der Waals surface area contributed by atoms with Crippen LogP contribution in [0.2, 0.25) is 13.3 Å². The Morgan fingerprint density at radius 3 is 1.85 bits per heavy atom. The normalized spacial score (nSPS) is 11.8. The van der Waals surface area contributed by atoms with Gasteiger partial charge in [-0.15, -0.1) is 0 Å². The SMILES string of the molecule is CCC[CH2][Sn]([CH2]CCC)([CH2]CCC)[c]1cscc1CCc1ccccc1. The van der Waals surface area contributed by atoms with Gasteiger partial charge >= 0.3 is 171 Å². The van der Waals surface area contributed by atoms with Crippen molar-refractivity contribution in [2.75, 3.05) is 0 Å². The average molecular weight is 477 g/mol. The van der Waals surface area contributed by atoms with Crippen LogP contribution in [0.3, 0.4) is 0 Å². The van der Waals surface area contributed by atoms with Gasteiger partial charge in [0.1, 0.15) is 0 Å². The zero-order chi connectivity index (χ0) is 18.7. The molecule has 0 aliphatic carbocycles. The molecule has 0 amide bonds. The van der Waals surface area contributed by atoms with Crippen LogP contribution in [-0.2, 0) is 12.8 Å². The molecule has 0 saturated carbocycles. The van der Waals surface area contributed by atoms with Crippen LogP contribution in [0.1, 0.15) is 70.4 Å². The maximum absolute atomic E-state index is 2.59. The van der Waals surface area contributed by atoms with Gasteiger partial charge in [0.05, 0.1) is 0 Å². The van der Waals surface area contributed by atoms with E-state index in [2.05, 4.69) is 61.9 Å². The molecule has 0 spiro atoms. The summed E-state index contributed by atoms with van der Waals surface area (Å²) in [5.74, 6) is 0. The van der Waals surface area contributed by atoms with Crippen molar-refractivity contribution in [3.63, 3.8) is 0 Å². The molecule has 2 heteroatoms. The van der Waals surface area contributed by atoms with Gasteiger partial charge in [-0.1, -0.05) is 0 Å². The quantitative estimate of drug-likeness (QED) is 0.261. The fourth-order valence-corrected chi connectivity index (χ4v) is 24.0. The Bertz CT molecular complexity index is 580.